The number of thioether (sulfide) groups is 1. The van der Waals surface area contributed by atoms with Crippen LogP contribution in [-0.2, 0) is 0 Å². The SMILES string of the molecule is CSC1CCC(NCC(O)CC2CCCC2)C1. The molecule has 3 heteroatoms. The molecular formula is C14H27NOS. The second-order valence-corrected chi connectivity index (χ2v) is 6.95. The first kappa shape index (κ1) is 13.7. The first-order chi connectivity index (χ1) is 8.28. The molecule has 2 aliphatic carbocycles. The molecule has 0 aromatic carbocycles. The van der Waals surface area contributed by atoms with E-state index in [9.17, 15) is 5.11 Å². The fraction of sp³-hybridized carbons (Fsp3) is 1.00. The second-order valence-electron chi connectivity index (χ2n) is 5.82. The predicted molar refractivity (Wildman–Crippen MR) is 75.5 cm³/mol. The van der Waals surface area contributed by atoms with Crippen molar-refractivity contribution in [3.05, 3.63) is 0 Å². The monoisotopic (exact) mass is 257 g/mol. The van der Waals surface area contributed by atoms with E-state index in [1.807, 2.05) is 11.8 Å². The van der Waals surface area contributed by atoms with Crippen molar-refractivity contribution in [3.8, 4) is 0 Å². The second kappa shape index (κ2) is 7.01. The molecule has 3 unspecified atom stereocenters. The zero-order valence-corrected chi connectivity index (χ0v) is 11.8. The zero-order chi connectivity index (χ0) is 12.1. The summed E-state index contributed by atoms with van der Waals surface area (Å²) < 4.78 is 0. The van der Waals surface area contributed by atoms with Crippen LogP contribution in [0.25, 0.3) is 0 Å². The van der Waals surface area contributed by atoms with Crippen LogP contribution in [0.1, 0.15) is 51.4 Å². The molecular weight excluding hydrogens is 230 g/mol. The lowest BCUT2D eigenvalue weighted by molar-refractivity contribution is 0.137. The van der Waals surface area contributed by atoms with Gasteiger partial charge in [0.1, 0.15) is 0 Å². The summed E-state index contributed by atoms with van der Waals surface area (Å²) in [5, 5.41) is 14.4. The Morgan fingerprint density at radius 1 is 1.24 bits per heavy atom. The summed E-state index contributed by atoms with van der Waals surface area (Å²) in [6.07, 6.45) is 12.5. The minimum absolute atomic E-state index is 0.119. The van der Waals surface area contributed by atoms with E-state index >= 15 is 0 Å². The lowest BCUT2D eigenvalue weighted by atomic mass is 10.00. The van der Waals surface area contributed by atoms with Crippen LogP contribution in [0.4, 0.5) is 0 Å². The Hall–Kier alpha value is 0.270. The number of aliphatic hydroxyl groups is 1. The third-order valence-electron chi connectivity index (χ3n) is 4.44. The van der Waals surface area contributed by atoms with E-state index in [4.69, 9.17) is 0 Å². The highest BCUT2D eigenvalue weighted by atomic mass is 32.2. The molecule has 2 nitrogen and oxygen atoms in total. The van der Waals surface area contributed by atoms with E-state index < -0.39 is 0 Å². The van der Waals surface area contributed by atoms with Crippen molar-refractivity contribution in [2.75, 3.05) is 12.8 Å². The lowest BCUT2D eigenvalue weighted by Crippen LogP contribution is -2.35. The highest BCUT2D eigenvalue weighted by molar-refractivity contribution is 7.99. The molecule has 0 aliphatic heterocycles. The normalized spacial score (nSPS) is 32.1. The molecule has 2 N–H and O–H groups in total. The standard InChI is InChI=1S/C14H27NOS/c1-17-14-7-6-12(9-14)15-10-13(16)8-11-4-2-3-5-11/h11-16H,2-10H2,1H3. The molecule has 3 atom stereocenters. The molecule has 0 bridgehead atoms. The molecule has 2 fully saturated rings. The molecule has 2 rings (SSSR count). The Morgan fingerprint density at radius 3 is 2.65 bits per heavy atom. The average Bonchev–Trinajstić information content (AvgIpc) is 2.96. The zero-order valence-electron chi connectivity index (χ0n) is 11.0. The molecule has 0 aromatic rings. The van der Waals surface area contributed by atoms with Gasteiger partial charge in [-0.1, -0.05) is 25.7 Å². The summed E-state index contributed by atoms with van der Waals surface area (Å²) in [7, 11) is 0. The maximum Gasteiger partial charge on any atom is 0.0667 e. The van der Waals surface area contributed by atoms with Gasteiger partial charge in [0.2, 0.25) is 0 Å². The van der Waals surface area contributed by atoms with Gasteiger partial charge in [-0.3, -0.25) is 0 Å². The van der Waals surface area contributed by atoms with Crippen molar-refractivity contribution < 1.29 is 5.11 Å². The van der Waals surface area contributed by atoms with Gasteiger partial charge < -0.3 is 10.4 Å². The molecule has 2 aliphatic rings. The van der Waals surface area contributed by atoms with Crippen molar-refractivity contribution in [2.24, 2.45) is 5.92 Å². The summed E-state index contributed by atoms with van der Waals surface area (Å²) >= 11 is 1.99. The Balaban J connectivity index is 1.57. The van der Waals surface area contributed by atoms with Gasteiger partial charge >= 0.3 is 0 Å². The molecule has 0 heterocycles. The van der Waals surface area contributed by atoms with Crippen molar-refractivity contribution >= 4 is 11.8 Å². The Bertz CT molecular complexity index is 218. The molecule has 0 aromatic heterocycles. The quantitative estimate of drug-likeness (QED) is 0.767. The molecule has 100 valence electrons. The largest absolute Gasteiger partial charge is 0.392 e. The van der Waals surface area contributed by atoms with Gasteiger partial charge in [-0.2, -0.15) is 11.8 Å². The van der Waals surface area contributed by atoms with Crippen LogP contribution in [0.5, 0.6) is 0 Å². The first-order valence-corrected chi connectivity index (χ1v) is 8.51. The summed E-state index contributed by atoms with van der Waals surface area (Å²) in [5.41, 5.74) is 0. The average molecular weight is 257 g/mol. The fourth-order valence-electron chi connectivity index (χ4n) is 3.36. The maximum absolute atomic E-state index is 10.0. The Kier molecular flexibility index (Phi) is 5.64. The van der Waals surface area contributed by atoms with Crippen LogP contribution < -0.4 is 5.32 Å². The topological polar surface area (TPSA) is 32.3 Å². The van der Waals surface area contributed by atoms with E-state index in [0.29, 0.717) is 6.04 Å². The van der Waals surface area contributed by atoms with Crippen LogP contribution in [0.2, 0.25) is 0 Å². The van der Waals surface area contributed by atoms with Crippen LogP contribution in [0, 0.1) is 5.92 Å². The third kappa shape index (κ3) is 4.46. The van der Waals surface area contributed by atoms with Gasteiger partial charge in [-0.15, -0.1) is 0 Å². The van der Waals surface area contributed by atoms with Gasteiger partial charge in [-0.05, 0) is 37.9 Å². The van der Waals surface area contributed by atoms with Gasteiger partial charge in [0.15, 0.2) is 0 Å². The number of hydrogen-bond acceptors (Lipinski definition) is 3. The van der Waals surface area contributed by atoms with Crippen LogP contribution in [0.15, 0.2) is 0 Å². The summed E-state index contributed by atoms with van der Waals surface area (Å²) in [4.78, 5) is 0. The van der Waals surface area contributed by atoms with Crippen molar-refractivity contribution in [3.63, 3.8) is 0 Å². The Morgan fingerprint density at radius 2 is 2.00 bits per heavy atom. The van der Waals surface area contributed by atoms with Crippen LogP contribution in [0.3, 0.4) is 0 Å². The Labute approximate surface area is 110 Å². The van der Waals surface area contributed by atoms with E-state index in [1.54, 1.807) is 0 Å². The molecule has 17 heavy (non-hydrogen) atoms. The molecule has 0 amide bonds. The summed E-state index contributed by atoms with van der Waals surface area (Å²) in [5.74, 6) is 0.800. The van der Waals surface area contributed by atoms with Gasteiger partial charge in [-0.25, -0.2) is 0 Å². The number of rotatable bonds is 6. The highest BCUT2D eigenvalue weighted by Crippen LogP contribution is 2.29. The maximum atomic E-state index is 10.0. The highest BCUT2D eigenvalue weighted by Gasteiger charge is 2.24. The molecule has 0 spiro atoms. The molecule has 0 radical (unpaired) electrons. The molecule has 0 saturated heterocycles. The number of aliphatic hydroxyl groups excluding tert-OH is 1. The lowest BCUT2D eigenvalue weighted by Gasteiger charge is -2.19. The smallest absolute Gasteiger partial charge is 0.0667 e. The van der Waals surface area contributed by atoms with Crippen molar-refractivity contribution in [2.45, 2.75) is 68.8 Å². The third-order valence-corrected chi connectivity index (χ3v) is 5.53. The molecule has 2 saturated carbocycles. The summed E-state index contributed by atoms with van der Waals surface area (Å²) in [6, 6.07) is 0.658. The van der Waals surface area contributed by atoms with Crippen LogP contribution in [-0.4, -0.2) is 35.3 Å². The van der Waals surface area contributed by atoms with Crippen molar-refractivity contribution in [1.82, 2.24) is 5.32 Å². The van der Waals surface area contributed by atoms with E-state index in [-0.39, 0.29) is 6.10 Å². The van der Waals surface area contributed by atoms with Gasteiger partial charge in [0.25, 0.3) is 0 Å². The van der Waals surface area contributed by atoms with Crippen LogP contribution >= 0.6 is 11.8 Å². The minimum atomic E-state index is -0.119. The minimum Gasteiger partial charge on any atom is -0.392 e. The number of hydrogen-bond donors (Lipinski definition) is 2. The number of nitrogens with one attached hydrogen (secondary N) is 1. The van der Waals surface area contributed by atoms with Gasteiger partial charge in [0.05, 0.1) is 6.10 Å². The van der Waals surface area contributed by atoms with E-state index in [2.05, 4.69) is 11.6 Å². The fourth-order valence-corrected chi connectivity index (χ4v) is 4.15. The summed E-state index contributed by atoms with van der Waals surface area (Å²) in [6.45, 7) is 0.808. The van der Waals surface area contributed by atoms with E-state index in [0.717, 1.165) is 24.1 Å². The predicted octanol–water partition coefficient (Wildman–Crippen LogP) is 2.80. The van der Waals surface area contributed by atoms with E-state index in [1.165, 1.54) is 44.9 Å². The first-order valence-electron chi connectivity index (χ1n) is 7.22. The van der Waals surface area contributed by atoms with Crippen molar-refractivity contribution in [1.29, 1.82) is 0 Å². The van der Waals surface area contributed by atoms with Gasteiger partial charge in [0, 0.05) is 17.8 Å².